The van der Waals surface area contributed by atoms with E-state index in [-0.39, 0.29) is 54.3 Å². The van der Waals surface area contributed by atoms with E-state index < -0.39 is 40.7 Å². The molecule has 4 aliphatic rings. The van der Waals surface area contributed by atoms with Crippen molar-refractivity contribution < 1.29 is 52.5 Å². The molecule has 4 aromatic carbocycles. The maximum absolute atomic E-state index is 15.4. The molecular weight excluding hydrogens is 1040 g/mol. The molecule has 0 radical (unpaired) electrons. The van der Waals surface area contributed by atoms with Gasteiger partial charge in [-0.05, 0) is 97.8 Å². The van der Waals surface area contributed by atoms with Gasteiger partial charge in [-0.2, -0.15) is 0 Å². The number of nitrogens with one attached hydrogen (secondary N) is 2. The Morgan fingerprint density at radius 2 is 1.32 bits per heavy atom. The highest BCUT2D eigenvalue weighted by Gasteiger charge is 2.60. The lowest BCUT2D eigenvalue weighted by Gasteiger charge is -2.47. The molecule has 416 valence electrons. The molecule has 4 heterocycles. The first-order chi connectivity index (χ1) is 37.4. The summed E-state index contributed by atoms with van der Waals surface area (Å²) in [5.74, 6) is -1.20. The number of hydrogen-bond donors (Lipinski definition) is 2. The smallest absolute Gasteiger partial charge is 0.326 e. The highest BCUT2D eigenvalue weighted by molar-refractivity contribution is 6.31. The second-order valence-corrected chi connectivity index (χ2v) is 21.6. The summed E-state index contributed by atoms with van der Waals surface area (Å²) >= 11 is 12.9. The van der Waals surface area contributed by atoms with Gasteiger partial charge in [0.15, 0.2) is 0 Å². The quantitative estimate of drug-likeness (QED) is 0.0573. The molecule has 2 fully saturated rings. The predicted molar refractivity (Wildman–Crippen MR) is 295 cm³/mol. The van der Waals surface area contributed by atoms with Crippen molar-refractivity contribution >= 4 is 70.3 Å². The topological polar surface area (TPSA) is 198 Å². The van der Waals surface area contributed by atoms with E-state index in [2.05, 4.69) is 37.5 Å². The number of imide groups is 2. The molecule has 4 aromatic rings. The summed E-state index contributed by atoms with van der Waals surface area (Å²) in [4.78, 5) is 91.2. The van der Waals surface area contributed by atoms with Crippen LogP contribution in [0.3, 0.4) is 0 Å². The summed E-state index contributed by atoms with van der Waals surface area (Å²) in [7, 11) is 0. The fraction of sp³-hybridized carbons (Fsp3) is 0.466. The van der Waals surface area contributed by atoms with Crippen molar-refractivity contribution in [2.45, 2.75) is 83.3 Å². The Morgan fingerprint density at radius 3 is 1.92 bits per heavy atom. The molecule has 4 aliphatic heterocycles. The lowest BCUT2D eigenvalue weighted by atomic mass is 9.71. The molecular formula is C58H69Cl2N7O11. The second-order valence-electron chi connectivity index (χ2n) is 20.8. The van der Waals surface area contributed by atoms with Gasteiger partial charge in [0.25, 0.3) is 11.8 Å². The molecule has 0 aromatic heterocycles. The highest BCUT2D eigenvalue weighted by Crippen LogP contribution is 2.54. The van der Waals surface area contributed by atoms with E-state index in [1.807, 2.05) is 86.3 Å². The normalized spacial score (nSPS) is 20.5. The number of carbonyl (C=O) groups is 6. The number of anilines is 1. The van der Waals surface area contributed by atoms with Crippen molar-refractivity contribution in [2.75, 3.05) is 97.5 Å². The van der Waals surface area contributed by atoms with Crippen LogP contribution in [0, 0.1) is 0 Å². The molecule has 18 nitrogen and oxygen atoms in total. The molecule has 0 aliphatic carbocycles. The molecule has 8 rings (SSSR count). The zero-order valence-corrected chi connectivity index (χ0v) is 46.7. The van der Waals surface area contributed by atoms with Gasteiger partial charge in [0.1, 0.15) is 28.7 Å². The number of halogens is 2. The number of amides is 7. The number of hydrogen-bond acceptors (Lipinski definition) is 13. The molecule has 3 atom stereocenters. The minimum absolute atomic E-state index is 0.0468. The number of amidine groups is 1. The fourth-order valence-electron chi connectivity index (χ4n) is 10.3. The Bertz CT molecular complexity index is 2890. The number of piperazine rings is 1. The molecule has 0 bridgehead atoms. The molecule has 0 saturated carbocycles. The van der Waals surface area contributed by atoms with Crippen molar-refractivity contribution in [1.29, 1.82) is 0 Å². The van der Waals surface area contributed by atoms with Gasteiger partial charge in [0, 0.05) is 54.9 Å². The number of piperidine rings is 1. The first-order valence-corrected chi connectivity index (χ1v) is 27.3. The van der Waals surface area contributed by atoms with Gasteiger partial charge in [-0.15, -0.1) is 0 Å². The van der Waals surface area contributed by atoms with Crippen LogP contribution in [0.2, 0.25) is 10.0 Å². The summed E-state index contributed by atoms with van der Waals surface area (Å²) in [5.41, 5.74) is 2.04. The van der Waals surface area contributed by atoms with Crippen LogP contribution in [-0.2, 0) is 49.8 Å². The number of nitrogens with zero attached hydrogens (tertiary/aromatic N) is 5. The number of aliphatic imine (C=N–C) groups is 1. The SMILES string of the molecule is CCOc1cc(C(C)(C)C)ccc1C1=N[C@@](C)(c2ccc(Cl)cc2)[C@@](C)(c2ccc(Cl)cc2)N1C(=O)N1CCN(C(=O)CCOCCOCCOCCOCCNc2cccc3c2C(=O)N(C2CCC(=O)NC2=O)C3=O)CC1. The Morgan fingerprint density at radius 1 is 0.731 bits per heavy atom. The number of benzene rings is 4. The standard InChI is InChI=1S/C58H69Cl2N7O11/c1-7-78-47-37-40(56(2,3)4)15-20-43(47)51-63-57(5,38-11-16-41(59)17-12-38)58(6,39-13-18-42(60)19-14-39)67(51)55(73)65-27-25-64(26-28-65)49(69)23-29-74-31-33-76-35-36-77-34-32-75-30-24-61-45-10-8-9-44-50(45)54(72)66(53(44)71)46-21-22-48(68)62-52(46)70/h8-20,37,46,61H,7,21-36H2,1-6H3,(H,62,68,70)/t46?,57-,58+/m0/s1. The maximum atomic E-state index is 15.4. The van der Waals surface area contributed by atoms with Crippen molar-refractivity contribution in [3.63, 3.8) is 0 Å². The van der Waals surface area contributed by atoms with Gasteiger partial charge < -0.3 is 38.8 Å². The van der Waals surface area contributed by atoms with E-state index in [9.17, 15) is 24.0 Å². The first kappa shape index (κ1) is 57.8. The van der Waals surface area contributed by atoms with Crippen LogP contribution >= 0.6 is 23.2 Å². The summed E-state index contributed by atoms with van der Waals surface area (Å²) in [5, 5.41) is 6.49. The van der Waals surface area contributed by atoms with Crippen LogP contribution in [0.25, 0.3) is 0 Å². The summed E-state index contributed by atoms with van der Waals surface area (Å²) in [6.07, 6.45) is 0.314. The average Bonchev–Trinajstić information content (AvgIpc) is 4.05. The second kappa shape index (κ2) is 25.1. The summed E-state index contributed by atoms with van der Waals surface area (Å²) < 4.78 is 29.0. The molecule has 78 heavy (non-hydrogen) atoms. The number of urea groups is 1. The molecule has 7 amide bonds. The van der Waals surface area contributed by atoms with Crippen LogP contribution in [0.15, 0.2) is 89.9 Å². The molecule has 2 N–H and O–H groups in total. The molecule has 0 spiro atoms. The van der Waals surface area contributed by atoms with Crippen molar-refractivity contribution in [2.24, 2.45) is 4.99 Å². The van der Waals surface area contributed by atoms with Crippen molar-refractivity contribution in [1.82, 2.24) is 24.9 Å². The maximum Gasteiger partial charge on any atom is 0.326 e. The number of carbonyl (C=O) groups excluding carboxylic acids is 6. The monoisotopic (exact) mass is 1110 g/mol. The Balaban J connectivity index is 0.768. The minimum Gasteiger partial charge on any atom is -0.493 e. The van der Waals surface area contributed by atoms with E-state index >= 15 is 4.79 Å². The van der Waals surface area contributed by atoms with Gasteiger partial charge >= 0.3 is 6.03 Å². The van der Waals surface area contributed by atoms with Crippen LogP contribution in [0.5, 0.6) is 5.75 Å². The third-order valence-electron chi connectivity index (χ3n) is 14.8. The van der Waals surface area contributed by atoms with Crippen LogP contribution in [0.4, 0.5) is 10.5 Å². The minimum atomic E-state index is -1.09. The van der Waals surface area contributed by atoms with Crippen LogP contribution < -0.4 is 15.4 Å². The zero-order valence-electron chi connectivity index (χ0n) is 45.2. The lowest BCUT2D eigenvalue weighted by molar-refractivity contribution is -0.136. The number of ether oxygens (including phenoxy) is 5. The van der Waals surface area contributed by atoms with Crippen LogP contribution in [0.1, 0.15) is 104 Å². The van der Waals surface area contributed by atoms with Crippen LogP contribution in [-0.4, -0.2) is 159 Å². The molecule has 20 heteroatoms. The Hall–Kier alpha value is -6.41. The first-order valence-electron chi connectivity index (χ1n) is 26.5. The van der Waals surface area contributed by atoms with Gasteiger partial charge in [-0.1, -0.05) is 80.4 Å². The van der Waals surface area contributed by atoms with E-state index in [1.54, 1.807) is 28.0 Å². The Kier molecular flexibility index (Phi) is 18.6. The van der Waals surface area contributed by atoms with Crippen molar-refractivity contribution in [3.8, 4) is 5.75 Å². The summed E-state index contributed by atoms with van der Waals surface area (Å²) in [6.45, 7) is 17.0. The lowest BCUT2D eigenvalue weighted by Crippen LogP contribution is -2.61. The van der Waals surface area contributed by atoms with E-state index in [1.165, 1.54) is 0 Å². The van der Waals surface area contributed by atoms with E-state index in [0.717, 1.165) is 21.6 Å². The number of fused-ring (bicyclic) bond motifs is 1. The van der Waals surface area contributed by atoms with Gasteiger partial charge in [0.05, 0.1) is 82.6 Å². The van der Waals surface area contributed by atoms with Gasteiger partial charge in [-0.25, -0.2) is 4.79 Å². The van der Waals surface area contributed by atoms with E-state index in [4.69, 9.17) is 51.9 Å². The van der Waals surface area contributed by atoms with Crippen molar-refractivity contribution in [3.05, 3.63) is 128 Å². The fourth-order valence-corrected chi connectivity index (χ4v) is 10.6. The summed E-state index contributed by atoms with van der Waals surface area (Å²) in [6, 6.07) is 24.9. The van der Waals surface area contributed by atoms with E-state index in [0.29, 0.717) is 118 Å². The largest absolute Gasteiger partial charge is 0.493 e. The molecule has 2 saturated heterocycles. The zero-order chi connectivity index (χ0) is 55.8. The highest BCUT2D eigenvalue weighted by atomic mass is 35.5. The van der Waals surface area contributed by atoms with Gasteiger partial charge in [-0.3, -0.25) is 44.1 Å². The average molecular weight is 1110 g/mol. The number of rotatable bonds is 22. The van der Waals surface area contributed by atoms with Gasteiger partial charge in [0.2, 0.25) is 17.7 Å². The predicted octanol–water partition coefficient (Wildman–Crippen LogP) is 7.82. The Labute approximate surface area is 465 Å². The molecule has 1 unspecified atom stereocenters. The third-order valence-corrected chi connectivity index (χ3v) is 15.3. The third kappa shape index (κ3) is 12.4.